The normalized spacial score (nSPS) is 14.7. The molecule has 5 nitrogen and oxygen atoms in total. The van der Waals surface area contributed by atoms with Crippen LogP contribution in [0.2, 0.25) is 0 Å². The van der Waals surface area contributed by atoms with Crippen molar-refractivity contribution < 1.29 is 4.74 Å². The van der Waals surface area contributed by atoms with Crippen LogP contribution in [-0.4, -0.2) is 50.4 Å². The Morgan fingerprint density at radius 2 is 1.64 bits per heavy atom. The number of hydrogen-bond acceptors (Lipinski definition) is 5. The fraction of sp³-hybridized carbons (Fsp3) is 0.300. The first-order valence-electron chi connectivity index (χ1n) is 8.58. The lowest BCUT2D eigenvalue weighted by atomic mass is 10.0. The van der Waals surface area contributed by atoms with Crippen LogP contribution in [0.4, 0.5) is 11.5 Å². The minimum absolute atomic E-state index is 0.748. The van der Waals surface area contributed by atoms with Crippen LogP contribution >= 0.6 is 0 Å². The first-order chi connectivity index (χ1) is 12.2. The van der Waals surface area contributed by atoms with Crippen molar-refractivity contribution in [3.8, 4) is 11.1 Å². The Hall–Kier alpha value is -2.66. The van der Waals surface area contributed by atoms with Gasteiger partial charge in [-0.2, -0.15) is 0 Å². The number of rotatable bonds is 3. The van der Waals surface area contributed by atoms with Gasteiger partial charge in [-0.1, -0.05) is 18.2 Å². The van der Waals surface area contributed by atoms with Gasteiger partial charge in [0.2, 0.25) is 0 Å². The zero-order valence-electron chi connectivity index (χ0n) is 14.6. The maximum atomic E-state index is 5.42. The van der Waals surface area contributed by atoms with Crippen molar-refractivity contribution in [2.24, 2.45) is 0 Å². The zero-order chi connectivity index (χ0) is 17.2. The molecule has 1 aromatic heterocycles. The van der Waals surface area contributed by atoms with Gasteiger partial charge in [0, 0.05) is 32.9 Å². The summed E-state index contributed by atoms with van der Waals surface area (Å²) < 4.78 is 5.42. The quantitative estimate of drug-likeness (QED) is 0.736. The zero-order valence-corrected chi connectivity index (χ0v) is 14.6. The number of benzene rings is 2. The Labute approximate surface area is 147 Å². The van der Waals surface area contributed by atoms with Gasteiger partial charge in [0.25, 0.3) is 0 Å². The average molecular weight is 334 g/mol. The van der Waals surface area contributed by atoms with Gasteiger partial charge in [0.15, 0.2) is 0 Å². The van der Waals surface area contributed by atoms with Crippen molar-refractivity contribution in [3.63, 3.8) is 0 Å². The van der Waals surface area contributed by atoms with Crippen LogP contribution in [0.1, 0.15) is 0 Å². The van der Waals surface area contributed by atoms with E-state index in [1.54, 1.807) is 0 Å². The molecule has 0 spiro atoms. The summed E-state index contributed by atoms with van der Waals surface area (Å²) in [5.41, 5.74) is 5.39. The number of aromatic nitrogens is 2. The second-order valence-electron chi connectivity index (χ2n) is 6.47. The fourth-order valence-electron chi connectivity index (χ4n) is 3.08. The molecule has 1 saturated heterocycles. The van der Waals surface area contributed by atoms with E-state index < -0.39 is 0 Å². The van der Waals surface area contributed by atoms with Crippen LogP contribution in [0.5, 0.6) is 0 Å². The summed E-state index contributed by atoms with van der Waals surface area (Å²) in [6.07, 6.45) is 1.86. The second kappa shape index (κ2) is 6.69. The van der Waals surface area contributed by atoms with E-state index in [4.69, 9.17) is 9.72 Å². The predicted molar refractivity (Wildman–Crippen MR) is 102 cm³/mol. The molecule has 5 heteroatoms. The van der Waals surface area contributed by atoms with E-state index in [-0.39, 0.29) is 0 Å². The van der Waals surface area contributed by atoms with Gasteiger partial charge in [-0.3, -0.25) is 4.98 Å². The molecule has 4 rings (SSSR count). The fourth-order valence-corrected chi connectivity index (χ4v) is 3.08. The molecule has 0 amide bonds. The van der Waals surface area contributed by atoms with Crippen LogP contribution in [-0.2, 0) is 4.74 Å². The molecule has 1 aliphatic rings. The predicted octanol–water partition coefficient (Wildman–Crippen LogP) is 3.20. The lowest BCUT2D eigenvalue weighted by Gasteiger charge is -2.27. The Morgan fingerprint density at radius 1 is 0.920 bits per heavy atom. The van der Waals surface area contributed by atoms with Crippen molar-refractivity contribution in [3.05, 3.63) is 48.7 Å². The molecule has 25 heavy (non-hydrogen) atoms. The molecule has 0 unspecified atom stereocenters. The van der Waals surface area contributed by atoms with Crippen LogP contribution in [0.3, 0.4) is 0 Å². The number of fused-ring (bicyclic) bond motifs is 1. The third-order valence-electron chi connectivity index (χ3n) is 4.58. The Kier molecular flexibility index (Phi) is 4.24. The van der Waals surface area contributed by atoms with Gasteiger partial charge in [-0.25, -0.2) is 4.98 Å². The van der Waals surface area contributed by atoms with Gasteiger partial charge >= 0.3 is 0 Å². The highest BCUT2D eigenvalue weighted by atomic mass is 16.5. The Bertz CT molecular complexity index is 871. The third kappa shape index (κ3) is 3.28. The van der Waals surface area contributed by atoms with Gasteiger partial charge in [-0.15, -0.1) is 0 Å². The van der Waals surface area contributed by atoms with Gasteiger partial charge in [-0.05, 0) is 35.4 Å². The van der Waals surface area contributed by atoms with E-state index in [0.717, 1.165) is 48.7 Å². The highest BCUT2D eigenvalue weighted by Gasteiger charge is 2.13. The highest BCUT2D eigenvalue weighted by Crippen LogP contribution is 2.26. The minimum atomic E-state index is 0.748. The van der Waals surface area contributed by atoms with Gasteiger partial charge in [0.1, 0.15) is 5.82 Å². The largest absolute Gasteiger partial charge is 0.378 e. The van der Waals surface area contributed by atoms with E-state index >= 15 is 0 Å². The summed E-state index contributed by atoms with van der Waals surface area (Å²) in [5.74, 6) is 0.927. The van der Waals surface area contributed by atoms with Crippen LogP contribution in [0, 0.1) is 0 Å². The van der Waals surface area contributed by atoms with Crippen molar-refractivity contribution in [2.75, 3.05) is 50.2 Å². The van der Waals surface area contributed by atoms with Crippen molar-refractivity contribution in [2.45, 2.75) is 0 Å². The number of ether oxygens (including phenoxy) is 1. The molecular weight excluding hydrogens is 312 g/mol. The van der Waals surface area contributed by atoms with E-state index in [9.17, 15) is 0 Å². The number of anilines is 2. The standard InChI is InChI=1S/C20H22N4O/c1-23(2)17-6-3-15(4-7-17)16-5-8-18-19(13-16)22-20(14-21-18)24-9-11-25-12-10-24/h3-8,13-14H,9-12H2,1-2H3. The maximum Gasteiger partial charge on any atom is 0.148 e. The number of hydrogen-bond donors (Lipinski definition) is 0. The van der Waals surface area contributed by atoms with Crippen molar-refractivity contribution in [1.82, 2.24) is 9.97 Å². The molecule has 0 bridgehead atoms. The molecule has 128 valence electrons. The lowest BCUT2D eigenvalue weighted by Crippen LogP contribution is -2.36. The molecule has 0 saturated carbocycles. The molecule has 0 aliphatic carbocycles. The number of nitrogens with zero attached hydrogens (tertiary/aromatic N) is 4. The van der Waals surface area contributed by atoms with E-state index in [1.807, 2.05) is 26.4 Å². The summed E-state index contributed by atoms with van der Waals surface area (Å²) in [6.45, 7) is 3.23. The molecule has 0 atom stereocenters. The van der Waals surface area contributed by atoms with Crippen LogP contribution in [0.15, 0.2) is 48.7 Å². The first kappa shape index (κ1) is 15.8. The smallest absolute Gasteiger partial charge is 0.148 e. The molecule has 3 aromatic rings. The van der Waals surface area contributed by atoms with Crippen LogP contribution < -0.4 is 9.80 Å². The lowest BCUT2D eigenvalue weighted by molar-refractivity contribution is 0.122. The monoisotopic (exact) mass is 334 g/mol. The van der Waals surface area contributed by atoms with Gasteiger partial charge in [0.05, 0.1) is 30.4 Å². The second-order valence-corrected chi connectivity index (χ2v) is 6.47. The average Bonchev–Trinajstić information content (AvgIpc) is 2.68. The van der Waals surface area contributed by atoms with E-state index in [1.165, 1.54) is 11.3 Å². The molecule has 1 fully saturated rings. The van der Waals surface area contributed by atoms with E-state index in [0.29, 0.717) is 0 Å². The molecule has 2 heterocycles. The van der Waals surface area contributed by atoms with Gasteiger partial charge < -0.3 is 14.5 Å². The van der Waals surface area contributed by atoms with Crippen LogP contribution in [0.25, 0.3) is 22.2 Å². The summed E-state index contributed by atoms with van der Waals surface area (Å²) in [6, 6.07) is 14.8. The molecule has 2 aromatic carbocycles. The number of morpholine rings is 1. The van der Waals surface area contributed by atoms with E-state index in [2.05, 4.69) is 51.2 Å². The summed E-state index contributed by atoms with van der Waals surface area (Å²) >= 11 is 0. The first-order valence-corrected chi connectivity index (χ1v) is 8.58. The SMILES string of the molecule is CN(C)c1ccc(-c2ccc3ncc(N4CCOCC4)nc3c2)cc1. The molecule has 0 N–H and O–H groups in total. The maximum absolute atomic E-state index is 5.42. The minimum Gasteiger partial charge on any atom is -0.378 e. The summed E-state index contributed by atoms with van der Waals surface area (Å²) in [5, 5.41) is 0. The highest BCUT2D eigenvalue weighted by molar-refractivity contribution is 5.82. The molecular formula is C20H22N4O. The molecule has 0 radical (unpaired) electrons. The summed E-state index contributed by atoms with van der Waals surface area (Å²) in [4.78, 5) is 13.7. The Morgan fingerprint density at radius 3 is 2.36 bits per heavy atom. The third-order valence-corrected chi connectivity index (χ3v) is 4.58. The molecule has 1 aliphatic heterocycles. The summed E-state index contributed by atoms with van der Waals surface area (Å²) in [7, 11) is 4.10. The van der Waals surface area contributed by atoms with Crippen molar-refractivity contribution >= 4 is 22.5 Å². The Balaban J connectivity index is 1.68. The van der Waals surface area contributed by atoms with Crippen molar-refractivity contribution in [1.29, 1.82) is 0 Å². The topological polar surface area (TPSA) is 41.5 Å².